The highest BCUT2D eigenvalue weighted by Gasteiger charge is 2.41. The highest BCUT2D eigenvalue weighted by Crippen LogP contribution is 2.42. The summed E-state index contributed by atoms with van der Waals surface area (Å²) >= 11 is 0. The van der Waals surface area contributed by atoms with Crippen molar-refractivity contribution in [1.82, 2.24) is 9.55 Å². The smallest absolute Gasteiger partial charge is 0.406 e. The fourth-order valence-electron chi connectivity index (χ4n) is 4.39. The average molecular weight is 492 g/mol. The van der Waals surface area contributed by atoms with E-state index in [1.54, 1.807) is 42.5 Å². The Labute approximate surface area is 198 Å². The number of benzene rings is 2. The molecular weight excluding hydrogens is 471 g/mol. The monoisotopic (exact) mass is 491 g/mol. The van der Waals surface area contributed by atoms with Crippen molar-refractivity contribution in [2.75, 3.05) is 0 Å². The Morgan fingerprint density at radius 3 is 2.32 bits per heavy atom. The number of halogens is 4. The number of aliphatic hydroxyl groups is 1. The second-order valence-electron chi connectivity index (χ2n) is 8.44. The summed E-state index contributed by atoms with van der Waals surface area (Å²) in [5.74, 6) is 0.330. The number of nitrogens with two attached hydrogens (primary N) is 1. The number of nitrogens with zero attached hydrogens (tertiary/aromatic N) is 2. The van der Waals surface area contributed by atoms with E-state index in [4.69, 9.17) is 10.2 Å². The molecular formula is C24H21ClF3N3O3. The molecule has 10 heteroatoms. The second kappa shape index (κ2) is 8.57. The third kappa shape index (κ3) is 4.22. The van der Waals surface area contributed by atoms with Crippen molar-refractivity contribution in [3.05, 3.63) is 76.8 Å². The van der Waals surface area contributed by atoms with Crippen LogP contribution in [-0.4, -0.2) is 26.9 Å². The van der Waals surface area contributed by atoms with Crippen LogP contribution in [0.3, 0.4) is 0 Å². The molecule has 1 fully saturated rings. The number of fused-ring (bicyclic) bond motifs is 1. The van der Waals surface area contributed by atoms with Gasteiger partial charge in [0.2, 0.25) is 5.71 Å². The largest absolute Gasteiger partial charge is 0.437 e. The number of rotatable bonds is 4. The molecule has 0 amide bonds. The molecule has 4 aromatic rings. The van der Waals surface area contributed by atoms with Crippen molar-refractivity contribution in [3.63, 3.8) is 0 Å². The molecule has 1 saturated carbocycles. The Balaban J connectivity index is 0.00000274. The lowest BCUT2D eigenvalue weighted by Crippen LogP contribution is -2.51. The molecule has 0 unspecified atom stereocenters. The van der Waals surface area contributed by atoms with Gasteiger partial charge in [-0.25, -0.2) is 4.98 Å². The van der Waals surface area contributed by atoms with Crippen molar-refractivity contribution in [2.45, 2.75) is 37.2 Å². The number of furan rings is 1. The van der Waals surface area contributed by atoms with Gasteiger partial charge in [-0.2, -0.15) is 13.2 Å². The summed E-state index contributed by atoms with van der Waals surface area (Å²) in [5, 5.41) is 9.63. The van der Waals surface area contributed by atoms with Crippen LogP contribution in [0.5, 0.6) is 0 Å². The van der Waals surface area contributed by atoms with Gasteiger partial charge in [-0.05, 0) is 24.0 Å². The number of alkyl halides is 3. The maximum Gasteiger partial charge on any atom is 0.406 e. The first-order chi connectivity index (χ1) is 15.6. The average Bonchev–Trinajstić information content (AvgIpc) is 3.15. The van der Waals surface area contributed by atoms with E-state index < -0.39 is 29.9 Å². The highest BCUT2D eigenvalue weighted by molar-refractivity contribution is 5.99. The first kappa shape index (κ1) is 24.0. The summed E-state index contributed by atoms with van der Waals surface area (Å²) in [6.07, 6.45) is -3.20. The number of aromatic nitrogens is 2. The molecule has 6 nitrogen and oxygen atoms in total. The molecule has 5 rings (SSSR count). The topological polar surface area (TPSA) is 94.3 Å². The maximum atomic E-state index is 13.0. The Kier molecular flexibility index (Phi) is 6.05. The molecule has 0 aliphatic heterocycles. The van der Waals surface area contributed by atoms with Gasteiger partial charge in [0, 0.05) is 16.7 Å². The predicted octanol–water partition coefficient (Wildman–Crippen LogP) is 4.62. The lowest BCUT2D eigenvalue weighted by Gasteiger charge is -2.42. The van der Waals surface area contributed by atoms with Crippen molar-refractivity contribution in [2.24, 2.45) is 5.73 Å². The molecule has 34 heavy (non-hydrogen) atoms. The molecule has 2 aromatic carbocycles. The summed E-state index contributed by atoms with van der Waals surface area (Å²) in [7, 11) is 0. The fraction of sp³-hybridized carbons (Fsp3) is 0.250. The van der Waals surface area contributed by atoms with Gasteiger partial charge in [0.1, 0.15) is 24.0 Å². The highest BCUT2D eigenvalue weighted by atomic mass is 35.5. The molecule has 1 aliphatic carbocycles. The third-order valence-corrected chi connectivity index (χ3v) is 6.01. The fourth-order valence-corrected chi connectivity index (χ4v) is 4.39. The zero-order chi connectivity index (χ0) is 23.4. The van der Waals surface area contributed by atoms with Crippen LogP contribution in [0.4, 0.5) is 13.2 Å². The van der Waals surface area contributed by atoms with E-state index in [2.05, 4.69) is 4.98 Å². The van der Waals surface area contributed by atoms with E-state index in [0.717, 1.165) is 11.9 Å². The van der Waals surface area contributed by atoms with Crippen LogP contribution in [0.2, 0.25) is 0 Å². The Bertz CT molecular complexity index is 1380. The Morgan fingerprint density at radius 2 is 1.74 bits per heavy atom. The van der Waals surface area contributed by atoms with E-state index in [0.29, 0.717) is 39.9 Å². The SMILES string of the molecule is Cl.NC1(c2ccc(-c3oc4ncn(CC(F)(F)F)c(=O)c4c3-c3ccccc3)cc2)CC(O)C1. The number of hydrogen-bond acceptors (Lipinski definition) is 5. The lowest BCUT2D eigenvalue weighted by atomic mass is 9.70. The van der Waals surface area contributed by atoms with Gasteiger partial charge in [-0.1, -0.05) is 54.6 Å². The third-order valence-electron chi connectivity index (χ3n) is 6.01. The van der Waals surface area contributed by atoms with Crippen molar-refractivity contribution >= 4 is 23.5 Å². The van der Waals surface area contributed by atoms with Gasteiger partial charge in [0.15, 0.2) is 0 Å². The molecule has 1 aliphatic rings. The molecule has 0 radical (unpaired) electrons. The van der Waals surface area contributed by atoms with Crippen LogP contribution < -0.4 is 11.3 Å². The van der Waals surface area contributed by atoms with Crippen LogP contribution in [-0.2, 0) is 12.1 Å². The van der Waals surface area contributed by atoms with E-state index >= 15 is 0 Å². The van der Waals surface area contributed by atoms with Crippen LogP contribution in [0.1, 0.15) is 18.4 Å². The Hall–Kier alpha value is -3.14. The van der Waals surface area contributed by atoms with Crippen molar-refractivity contribution in [1.29, 1.82) is 0 Å². The number of aliphatic hydroxyl groups excluding tert-OH is 1. The van der Waals surface area contributed by atoms with Crippen LogP contribution in [0.15, 0.2) is 70.1 Å². The number of hydrogen-bond donors (Lipinski definition) is 2. The summed E-state index contributed by atoms with van der Waals surface area (Å²) in [6, 6.07) is 16.1. The van der Waals surface area contributed by atoms with E-state index in [1.165, 1.54) is 0 Å². The molecule has 3 N–H and O–H groups in total. The normalized spacial score (nSPS) is 20.1. The van der Waals surface area contributed by atoms with Gasteiger partial charge in [0.05, 0.1) is 6.10 Å². The standard InChI is InChI=1S/C24H20F3N3O3.ClH/c25-24(26,27)12-30-13-29-21-19(22(30)32)18(14-4-2-1-3-5-14)20(33-21)15-6-8-16(9-7-15)23(28)10-17(31)11-23;/h1-9,13,17,31H,10-12,28H2;1H. The molecule has 0 spiro atoms. The summed E-state index contributed by atoms with van der Waals surface area (Å²) in [6.45, 7) is -1.44. The van der Waals surface area contributed by atoms with Gasteiger partial charge in [-0.3, -0.25) is 9.36 Å². The molecule has 2 aromatic heterocycles. The van der Waals surface area contributed by atoms with Gasteiger partial charge < -0.3 is 15.3 Å². The first-order valence-corrected chi connectivity index (χ1v) is 10.4. The van der Waals surface area contributed by atoms with Crippen molar-refractivity contribution < 1.29 is 22.7 Å². The van der Waals surface area contributed by atoms with Crippen molar-refractivity contribution in [3.8, 4) is 22.5 Å². The lowest BCUT2D eigenvalue weighted by molar-refractivity contribution is -0.141. The second-order valence-corrected chi connectivity index (χ2v) is 8.44. The Morgan fingerprint density at radius 1 is 1.09 bits per heavy atom. The predicted molar refractivity (Wildman–Crippen MR) is 124 cm³/mol. The van der Waals surface area contributed by atoms with Gasteiger partial charge in [-0.15, -0.1) is 12.4 Å². The van der Waals surface area contributed by atoms with Crippen LogP contribution in [0, 0.1) is 0 Å². The molecule has 2 heterocycles. The van der Waals surface area contributed by atoms with Crippen LogP contribution >= 0.6 is 12.4 Å². The zero-order valence-corrected chi connectivity index (χ0v) is 18.6. The molecule has 0 bridgehead atoms. The summed E-state index contributed by atoms with van der Waals surface area (Å²) in [5.41, 5.74) is 7.38. The minimum Gasteiger partial charge on any atom is -0.437 e. The molecule has 178 valence electrons. The van der Waals surface area contributed by atoms with E-state index in [-0.39, 0.29) is 23.5 Å². The molecule has 0 saturated heterocycles. The summed E-state index contributed by atoms with van der Waals surface area (Å²) < 4.78 is 45.4. The minimum absolute atomic E-state index is 0. The minimum atomic E-state index is -4.57. The quantitative estimate of drug-likeness (QED) is 0.434. The maximum absolute atomic E-state index is 13.0. The van der Waals surface area contributed by atoms with Gasteiger partial charge >= 0.3 is 6.18 Å². The van der Waals surface area contributed by atoms with E-state index in [9.17, 15) is 23.1 Å². The van der Waals surface area contributed by atoms with Gasteiger partial charge in [0.25, 0.3) is 5.56 Å². The summed E-state index contributed by atoms with van der Waals surface area (Å²) in [4.78, 5) is 17.0. The molecule has 0 atom stereocenters. The van der Waals surface area contributed by atoms with Crippen LogP contribution in [0.25, 0.3) is 33.6 Å². The zero-order valence-electron chi connectivity index (χ0n) is 17.7. The first-order valence-electron chi connectivity index (χ1n) is 10.4. The van der Waals surface area contributed by atoms with E-state index in [1.807, 2.05) is 12.1 Å².